The van der Waals surface area contributed by atoms with Crippen molar-refractivity contribution >= 4 is 23.3 Å². The van der Waals surface area contributed by atoms with Crippen molar-refractivity contribution in [2.24, 2.45) is 0 Å². The van der Waals surface area contributed by atoms with Gasteiger partial charge in [0.1, 0.15) is 0 Å². The molecule has 86 valence electrons. The molecule has 0 saturated carbocycles. The molecule has 6 nitrogen and oxygen atoms in total. The normalized spacial score (nSPS) is 12.2. The number of carboxylic acid groups (broad SMARTS) is 1. The highest BCUT2D eigenvalue weighted by Crippen LogP contribution is 2.32. The highest BCUT2D eigenvalue weighted by molar-refractivity contribution is 6.31. The molecular formula is C9H8ClNO5. The number of halogens is 1. The maximum atomic E-state index is 10.6. The molecule has 16 heavy (non-hydrogen) atoms. The third kappa shape index (κ3) is 2.12. The van der Waals surface area contributed by atoms with Crippen LogP contribution in [0, 0.1) is 17.0 Å². The summed E-state index contributed by atoms with van der Waals surface area (Å²) >= 11 is 5.70. The van der Waals surface area contributed by atoms with Gasteiger partial charge in [0.25, 0.3) is 5.69 Å². The predicted molar refractivity (Wildman–Crippen MR) is 55.4 cm³/mol. The average molecular weight is 246 g/mol. The number of aliphatic hydroxyl groups is 1. The maximum absolute atomic E-state index is 10.6. The van der Waals surface area contributed by atoms with Gasteiger partial charge in [-0.2, -0.15) is 0 Å². The van der Waals surface area contributed by atoms with Crippen molar-refractivity contribution in [1.29, 1.82) is 0 Å². The number of aliphatic carboxylic acids is 1. The number of rotatable bonds is 3. The summed E-state index contributed by atoms with van der Waals surface area (Å²) in [5, 5.41) is 28.6. The van der Waals surface area contributed by atoms with Crippen molar-refractivity contribution in [2.45, 2.75) is 13.0 Å². The number of hydrogen-bond acceptors (Lipinski definition) is 4. The minimum atomic E-state index is -1.87. The number of hydrogen-bond donors (Lipinski definition) is 2. The van der Waals surface area contributed by atoms with Gasteiger partial charge in [-0.3, -0.25) is 10.1 Å². The van der Waals surface area contributed by atoms with Gasteiger partial charge in [0.2, 0.25) is 0 Å². The smallest absolute Gasteiger partial charge is 0.337 e. The van der Waals surface area contributed by atoms with E-state index in [1.165, 1.54) is 13.0 Å². The predicted octanol–water partition coefficient (Wildman–Crippen LogP) is 1.67. The number of aliphatic hydroxyl groups excluding tert-OH is 1. The summed E-state index contributed by atoms with van der Waals surface area (Å²) in [6.45, 7) is 1.34. The second-order valence-electron chi connectivity index (χ2n) is 3.10. The van der Waals surface area contributed by atoms with Crippen LogP contribution >= 0.6 is 11.6 Å². The zero-order valence-electron chi connectivity index (χ0n) is 8.18. The van der Waals surface area contributed by atoms with Crippen LogP contribution in [0.25, 0.3) is 0 Å². The van der Waals surface area contributed by atoms with E-state index in [1.807, 2.05) is 0 Å². The van der Waals surface area contributed by atoms with Crippen LogP contribution in [0.3, 0.4) is 0 Å². The zero-order chi connectivity index (χ0) is 12.5. The Hall–Kier alpha value is -1.66. The van der Waals surface area contributed by atoms with Gasteiger partial charge in [-0.05, 0) is 13.0 Å². The summed E-state index contributed by atoms with van der Waals surface area (Å²) < 4.78 is 0. The van der Waals surface area contributed by atoms with E-state index in [2.05, 4.69) is 0 Å². The summed E-state index contributed by atoms with van der Waals surface area (Å²) in [4.78, 5) is 20.6. The van der Waals surface area contributed by atoms with E-state index in [0.29, 0.717) is 0 Å². The van der Waals surface area contributed by atoms with Gasteiger partial charge in [0, 0.05) is 22.2 Å². The van der Waals surface area contributed by atoms with Gasteiger partial charge in [0.15, 0.2) is 6.10 Å². The number of benzene rings is 1. The van der Waals surface area contributed by atoms with Crippen LogP contribution in [-0.2, 0) is 4.79 Å². The molecule has 0 aromatic heterocycles. The average Bonchev–Trinajstić information content (AvgIpc) is 2.16. The Kier molecular flexibility index (Phi) is 3.46. The van der Waals surface area contributed by atoms with Crippen LogP contribution < -0.4 is 0 Å². The molecule has 2 N–H and O–H groups in total. The van der Waals surface area contributed by atoms with Gasteiger partial charge >= 0.3 is 5.97 Å². The zero-order valence-corrected chi connectivity index (χ0v) is 8.93. The number of nitro groups is 1. The lowest BCUT2D eigenvalue weighted by Gasteiger charge is -2.11. The first kappa shape index (κ1) is 12.4. The van der Waals surface area contributed by atoms with E-state index < -0.39 is 17.0 Å². The molecule has 0 aliphatic rings. The molecule has 1 unspecified atom stereocenters. The fourth-order valence-electron chi connectivity index (χ4n) is 1.34. The molecule has 1 rings (SSSR count). The Morgan fingerprint density at radius 1 is 1.56 bits per heavy atom. The SMILES string of the molecule is Cc1c([N+](=O)[O-])ccc(Cl)c1C(O)C(=O)O. The quantitative estimate of drug-likeness (QED) is 0.623. The fourth-order valence-corrected chi connectivity index (χ4v) is 1.65. The van der Waals surface area contributed by atoms with Crippen molar-refractivity contribution in [3.8, 4) is 0 Å². The minimum Gasteiger partial charge on any atom is -0.479 e. The molecular weight excluding hydrogens is 238 g/mol. The highest BCUT2D eigenvalue weighted by Gasteiger charge is 2.26. The molecule has 0 aliphatic carbocycles. The van der Waals surface area contributed by atoms with E-state index in [0.717, 1.165) is 6.07 Å². The molecule has 0 spiro atoms. The molecule has 0 heterocycles. The first-order valence-electron chi connectivity index (χ1n) is 4.20. The molecule has 0 bridgehead atoms. The lowest BCUT2D eigenvalue weighted by molar-refractivity contribution is -0.385. The van der Waals surface area contributed by atoms with Gasteiger partial charge in [-0.1, -0.05) is 11.6 Å². The van der Waals surface area contributed by atoms with Crippen LogP contribution in [0.1, 0.15) is 17.2 Å². The van der Waals surface area contributed by atoms with Gasteiger partial charge in [0.05, 0.1) is 4.92 Å². The van der Waals surface area contributed by atoms with Crippen LogP contribution in [0.15, 0.2) is 12.1 Å². The van der Waals surface area contributed by atoms with Crippen molar-refractivity contribution in [1.82, 2.24) is 0 Å². The van der Waals surface area contributed by atoms with E-state index >= 15 is 0 Å². The number of carbonyl (C=O) groups is 1. The summed E-state index contributed by atoms with van der Waals surface area (Å²) in [7, 11) is 0. The second kappa shape index (κ2) is 4.46. The van der Waals surface area contributed by atoms with Crippen LogP contribution in [-0.4, -0.2) is 21.1 Å². The second-order valence-corrected chi connectivity index (χ2v) is 3.51. The monoisotopic (exact) mass is 245 g/mol. The summed E-state index contributed by atoms with van der Waals surface area (Å²) in [6, 6.07) is 2.35. The van der Waals surface area contributed by atoms with Crippen molar-refractivity contribution in [3.63, 3.8) is 0 Å². The molecule has 1 aromatic carbocycles. The third-order valence-electron chi connectivity index (χ3n) is 2.14. The van der Waals surface area contributed by atoms with Gasteiger partial charge in [-0.15, -0.1) is 0 Å². The Labute approximate surface area is 95.2 Å². The number of carboxylic acids is 1. The lowest BCUT2D eigenvalue weighted by atomic mass is 10.0. The Balaban J connectivity index is 3.43. The number of nitrogens with zero attached hydrogens (tertiary/aromatic N) is 1. The van der Waals surface area contributed by atoms with E-state index in [9.17, 15) is 20.0 Å². The van der Waals surface area contributed by atoms with Gasteiger partial charge in [-0.25, -0.2) is 4.79 Å². The first-order chi connectivity index (χ1) is 7.36. The molecule has 0 saturated heterocycles. The lowest BCUT2D eigenvalue weighted by Crippen LogP contribution is -2.13. The summed E-state index contributed by atoms with van der Waals surface area (Å²) in [6.07, 6.45) is -1.87. The molecule has 1 atom stereocenters. The minimum absolute atomic E-state index is 0.0157. The van der Waals surface area contributed by atoms with Crippen LogP contribution in [0.5, 0.6) is 0 Å². The first-order valence-corrected chi connectivity index (χ1v) is 4.58. The van der Waals surface area contributed by atoms with E-state index in [-0.39, 0.29) is 21.8 Å². The van der Waals surface area contributed by atoms with E-state index in [4.69, 9.17) is 16.7 Å². The molecule has 0 aliphatic heterocycles. The van der Waals surface area contributed by atoms with Crippen molar-refractivity contribution in [2.75, 3.05) is 0 Å². The Bertz CT molecular complexity index is 459. The van der Waals surface area contributed by atoms with E-state index in [1.54, 1.807) is 0 Å². The summed E-state index contributed by atoms with van der Waals surface area (Å²) in [5.41, 5.74) is -0.379. The standard InChI is InChI=1S/C9H8ClNO5/c1-4-6(11(15)16)3-2-5(10)7(4)8(12)9(13)14/h2-3,8,12H,1H3,(H,13,14). The maximum Gasteiger partial charge on any atom is 0.337 e. The van der Waals surface area contributed by atoms with Crippen molar-refractivity contribution in [3.05, 3.63) is 38.4 Å². The topological polar surface area (TPSA) is 101 Å². The molecule has 0 fully saturated rings. The fraction of sp³-hybridized carbons (Fsp3) is 0.222. The molecule has 7 heteroatoms. The Morgan fingerprint density at radius 2 is 2.12 bits per heavy atom. The Morgan fingerprint density at radius 3 is 2.56 bits per heavy atom. The number of nitro benzene ring substituents is 1. The largest absolute Gasteiger partial charge is 0.479 e. The highest BCUT2D eigenvalue weighted by atomic mass is 35.5. The third-order valence-corrected chi connectivity index (χ3v) is 2.47. The van der Waals surface area contributed by atoms with Crippen LogP contribution in [0.2, 0.25) is 5.02 Å². The van der Waals surface area contributed by atoms with Crippen molar-refractivity contribution < 1.29 is 19.9 Å². The molecule has 0 amide bonds. The summed E-state index contributed by atoms with van der Waals surface area (Å²) in [5.74, 6) is -1.51. The molecule has 0 radical (unpaired) electrons. The van der Waals surface area contributed by atoms with Crippen LogP contribution in [0.4, 0.5) is 5.69 Å². The van der Waals surface area contributed by atoms with Gasteiger partial charge < -0.3 is 10.2 Å². The molecule has 1 aromatic rings.